The first-order valence-electron chi connectivity index (χ1n) is 5.86. The van der Waals surface area contributed by atoms with Gasteiger partial charge in [-0.2, -0.15) is 0 Å². The van der Waals surface area contributed by atoms with Crippen LogP contribution in [-0.2, 0) is 0 Å². The van der Waals surface area contributed by atoms with Gasteiger partial charge in [0.15, 0.2) is 0 Å². The monoisotopic (exact) mass is 256 g/mol. The van der Waals surface area contributed by atoms with Crippen LogP contribution in [0.15, 0.2) is 48.8 Å². The number of pyridine rings is 1. The quantitative estimate of drug-likeness (QED) is 0.839. The third kappa shape index (κ3) is 2.82. The minimum Gasteiger partial charge on any atom is -0.399 e. The van der Waals surface area contributed by atoms with Crippen molar-refractivity contribution in [1.29, 1.82) is 0 Å². The molecule has 0 radical (unpaired) electrons. The second-order valence-electron chi connectivity index (χ2n) is 4.20. The maximum absolute atomic E-state index is 12.3. The van der Waals surface area contributed by atoms with Crippen LogP contribution in [0.25, 0.3) is 0 Å². The average Bonchev–Trinajstić information content (AvgIpc) is 2.46. The van der Waals surface area contributed by atoms with Gasteiger partial charge < -0.3 is 5.73 Å². The highest BCUT2D eigenvalue weighted by Gasteiger charge is 2.16. The van der Waals surface area contributed by atoms with Crippen molar-refractivity contribution in [2.75, 3.05) is 29.6 Å². The number of nitrogens with two attached hydrogens (primary N) is 1. The van der Waals surface area contributed by atoms with Crippen LogP contribution in [0.4, 0.5) is 21.9 Å². The van der Waals surface area contributed by atoms with Gasteiger partial charge in [-0.25, -0.2) is 4.79 Å². The summed E-state index contributed by atoms with van der Waals surface area (Å²) in [4.78, 5) is 19.4. The highest BCUT2D eigenvalue weighted by molar-refractivity contribution is 6.02. The number of nitrogen functional groups attached to an aromatic ring is 1. The summed E-state index contributed by atoms with van der Waals surface area (Å²) in [5, 5.41) is 0. The molecule has 5 heteroatoms. The fraction of sp³-hybridized carbons (Fsp3) is 0.143. The zero-order valence-corrected chi connectivity index (χ0v) is 10.9. The lowest BCUT2D eigenvalue weighted by Crippen LogP contribution is -2.38. The zero-order valence-electron chi connectivity index (χ0n) is 10.9. The second-order valence-corrected chi connectivity index (χ2v) is 4.20. The summed E-state index contributed by atoms with van der Waals surface area (Å²) >= 11 is 0. The van der Waals surface area contributed by atoms with E-state index in [2.05, 4.69) is 4.98 Å². The maximum Gasteiger partial charge on any atom is 0.328 e. The van der Waals surface area contributed by atoms with E-state index in [1.807, 2.05) is 12.1 Å². The Morgan fingerprint density at radius 2 is 1.42 bits per heavy atom. The van der Waals surface area contributed by atoms with Gasteiger partial charge in [-0.3, -0.25) is 14.8 Å². The molecule has 0 aliphatic carbocycles. The number of carbonyl (C=O) groups excluding carboxylic acids is 1. The van der Waals surface area contributed by atoms with Crippen molar-refractivity contribution >= 4 is 23.1 Å². The lowest BCUT2D eigenvalue weighted by molar-refractivity contribution is 0.253. The van der Waals surface area contributed by atoms with Gasteiger partial charge in [-0.05, 0) is 36.4 Å². The van der Waals surface area contributed by atoms with Crippen molar-refractivity contribution in [2.24, 2.45) is 0 Å². The Kier molecular flexibility index (Phi) is 3.66. The van der Waals surface area contributed by atoms with Crippen LogP contribution in [-0.4, -0.2) is 25.1 Å². The Bertz CT molecular complexity index is 553. The fourth-order valence-electron chi connectivity index (χ4n) is 1.71. The van der Waals surface area contributed by atoms with Crippen molar-refractivity contribution in [1.82, 2.24) is 4.98 Å². The number of aromatic nitrogens is 1. The van der Waals surface area contributed by atoms with Gasteiger partial charge in [0.05, 0.1) is 0 Å². The molecule has 1 heterocycles. The predicted octanol–water partition coefficient (Wildman–Crippen LogP) is 2.36. The molecule has 0 aliphatic rings. The molecule has 2 aromatic rings. The number of rotatable bonds is 2. The summed E-state index contributed by atoms with van der Waals surface area (Å²) < 4.78 is 0. The Hall–Kier alpha value is -2.56. The Morgan fingerprint density at radius 1 is 0.947 bits per heavy atom. The van der Waals surface area contributed by atoms with E-state index in [9.17, 15) is 4.79 Å². The first-order valence-corrected chi connectivity index (χ1v) is 5.86. The number of hydrogen-bond acceptors (Lipinski definition) is 3. The molecule has 2 amide bonds. The maximum atomic E-state index is 12.3. The van der Waals surface area contributed by atoms with Gasteiger partial charge in [0.1, 0.15) is 0 Å². The first kappa shape index (κ1) is 12.9. The molecule has 0 bridgehead atoms. The summed E-state index contributed by atoms with van der Waals surface area (Å²) in [5.74, 6) is 0. The zero-order chi connectivity index (χ0) is 13.8. The number of nitrogens with zero attached hydrogens (tertiary/aromatic N) is 3. The van der Waals surface area contributed by atoms with Crippen LogP contribution in [0.1, 0.15) is 0 Å². The summed E-state index contributed by atoms with van der Waals surface area (Å²) in [5.41, 5.74) is 7.89. The van der Waals surface area contributed by atoms with Crippen LogP contribution < -0.4 is 15.5 Å². The molecular weight excluding hydrogens is 240 g/mol. The molecule has 0 saturated carbocycles. The third-order valence-corrected chi connectivity index (χ3v) is 2.90. The van der Waals surface area contributed by atoms with E-state index >= 15 is 0 Å². The van der Waals surface area contributed by atoms with Crippen LogP contribution in [0.2, 0.25) is 0 Å². The molecule has 0 fully saturated rings. The molecule has 0 aliphatic heterocycles. The van der Waals surface area contributed by atoms with E-state index in [1.165, 1.54) is 0 Å². The normalized spacial score (nSPS) is 10.0. The first-order chi connectivity index (χ1) is 9.09. The Labute approximate surface area is 112 Å². The van der Waals surface area contributed by atoms with Gasteiger partial charge in [-0.15, -0.1) is 0 Å². The molecule has 0 spiro atoms. The van der Waals surface area contributed by atoms with Crippen molar-refractivity contribution < 1.29 is 4.79 Å². The number of urea groups is 1. The SMILES string of the molecule is CN(C(=O)N(C)c1ccc(N)cc1)c1ccncc1. The number of anilines is 3. The molecule has 2 N–H and O–H groups in total. The molecule has 2 rings (SSSR count). The van der Waals surface area contributed by atoms with Crippen molar-refractivity contribution in [3.63, 3.8) is 0 Å². The highest BCUT2D eigenvalue weighted by atomic mass is 16.2. The average molecular weight is 256 g/mol. The number of amides is 2. The minimum absolute atomic E-state index is 0.129. The van der Waals surface area contributed by atoms with Crippen LogP contribution in [0.5, 0.6) is 0 Å². The topological polar surface area (TPSA) is 62.5 Å². The van der Waals surface area contributed by atoms with Crippen molar-refractivity contribution in [3.8, 4) is 0 Å². The van der Waals surface area contributed by atoms with Crippen molar-refractivity contribution in [3.05, 3.63) is 48.8 Å². The smallest absolute Gasteiger partial charge is 0.328 e. The van der Waals surface area contributed by atoms with Crippen LogP contribution >= 0.6 is 0 Å². The molecule has 19 heavy (non-hydrogen) atoms. The molecular formula is C14H16N4O. The molecule has 0 unspecified atom stereocenters. The van der Waals surface area contributed by atoms with Gasteiger partial charge >= 0.3 is 6.03 Å². The summed E-state index contributed by atoms with van der Waals surface area (Å²) in [7, 11) is 3.46. The molecule has 0 saturated heterocycles. The molecule has 0 atom stereocenters. The largest absolute Gasteiger partial charge is 0.399 e. The lowest BCUT2D eigenvalue weighted by atomic mass is 10.2. The second kappa shape index (κ2) is 5.39. The van der Waals surface area contributed by atoms with Crippen LogP contribution in [0, 0.1) is 0 Å². The van der Waals surface area contributed by atoms with Crippen LogP contribution in [0.3, 0.4) is 0 Å². The minimum atomic E-state index is -0.129. The number of hydrogen-bond donors (Lipinski definition) is 1. The van der Waals surface area contributed by atoms with Gasteiger partial charge in [0, 0.05) is 43.6 Å². The van der Waals surface area contributed by atoms with E-state index in [4.69, 9.17) is 5.73 Å². The highest BCUT2D eigenvalue weighted by Crippen LogP contribution is 2.18. The summed E-state index contributed by atoms with van der Waals surface area (Å²) in [6.07, 6.45) is 3.31. The molecule has 1 aromatic heterocycles. The third-order valence-electron chi connectivity index (χ3n) is 2.90. The molecule has 1 aromatic carbocycles. The lowest BCUT2D eigenvalue weighted by Gasteiger charge is -2.25. The van der Waals surface area contributed by atoms with Crippen molar-refractivity contribution in [2.45, 2.75) is 0 Å². The summed E-state index contributed by atoms with van der Waals surface area (Å²) in [6.45, 7) is 0. The van der Waals surface area contributed by atoms with Gasteiger partial charge in [0.25, 0.3) is 0 Å². The van der Waals surface area contributed by atoms with E-state index < -0.39 is 0 Å². The molecule has 98 valence electrons. The van der Waals surface area contributed by atoms with E-state index in [0.29, 0.717) is 5.69 Å². The number of carbonyl (C=O) groups is 1. The van der Waals surface area contributed by atoms with Gasteiger partial charge in [0.2, 0.25) is 0 Å². The molecule has 5 nitrogen and oxygen atoms in total. The predicted molar refractivity (Wildman–Crippen MR) is 77.3 cm³/mol. The summed E-state index contributed by atoms with van der Waals surface area (Å²) in [6, 6.07) is 10.6. The Morgan fingerprint density at radius 3 is 1.95 bits per heavy atom. The number of benzene rings is 1. The van der Waals surface area contributed by atoms with E-state index in [0.717, 1.165) is 11.4 Å². The van der Waals surface area contributed by atoms with E-state index in [1.54, 1.807) is 60.6 Å². The Balaban J connectivity index is 2.17. The fourth-order valence-corrected chi connectivity index (χ4v) is 1.71. The standard InChI is InChI=1S/C14H16N4O/c1-17(12-5-3-11(15)4-6-12)14(19)18(2)13-7-9-16-10-8-13/h3-10H,15H2,1-2H3. The van der Waals surface area contributed by atoms with Gasteiger partial charge in [-0.1, -0.05) is 0 Å². The van der Waals surface area contributed by atoms with E-state index in [-0.39, 0.29) is 6.03 Å².